The number of ether oxygens (including phenoxy) is 2. The molecule has 0 spiro atoms. The number of nitrogens with zero attached hydrogens (tertiary/aromatic N) is 1. The molecule has 2 aromatic carbocycles. The molecule has 4 rings (SSSR count). The van der Waals surface area contributed by atoms with Gasteiger partial charge in [-0.3, -0.25) is 4.98 Å². The van der Waals surface area contributed by atoms with E-state index in [4.69, 9.17) is 9.47 Å². The second-order valence-corrected chi connectivity index (χ2v) is 6.59. The van der Waals surface area contributed by atoms with Gasteiger partial charge >= 0.3 is 0 Å². The van der Waals surface area contributed by atoms with Crippen LogP contribution in [0.4, 0.5) is 0 Å². The smallest absolute Gasteiger partial charge is 0.161 e. The highest BCUT2D eigenvalue weighted by molar-refractivity contribution is 5.46. The molecular formula is C23H22NO2. The molecule has 3 nitrogen and oxygen atoms in total. The minimum Gasteiger partial charge on any atom is -0.493 e. The van der Waals surface area contributed by atoms with Crippen molar-refractivity contribution in [1.82, 2.24) is 4.98 Å². The molecule has 0 unspecified atom stereocenters. The van der Waals surface area contributed by atoms with Crippen molar-refractivity contribution in [2.45, 2.75) is 25.4 Å². The van der Waals surface area contributed by atoms with Crippen molar-refractivity contribution < 1.29 is 9.47 Å². The number of methoxy groups -OCH3 is 1. The average Bonchev–Trinajstić information content (AvgIpc) is 3.09. The molecule has 0 saturated carbocycles. The zero-order chi connectivity index (χ0) is 17.8. The third kappa shape index (κ3) is 3.72. The third-order valence-corrected chi connectivity index (χ3v) is 4.82. The second kappa shape index (κ2) is 7.61. The number of hydrogen-bond acceptors (Lipinski definition) is 3. The van der Waals surface area contributed by atoms with Gasteiger partial charge in [-0.15, -0.1) is 0 Å². The Labute approximate surface area is 154 Å². The molecule has 0 bridgehead atoms. The van der Waals surface area contributed by atoms with E-state index >= 15 is 0 Å². The molecule has 131 valence electrons. The molecule has 0 amide bonds. The number of fused-ring (bicyclic) bond motifs is 1. The highest BCUT2D eigenvalue weighted by Gasteiger charge is 2.23. The van der Waals surface area contributed by atoms with Crippen LogP contribution in [0, 0.1) is 6.42 Å². The van der Waals surface area contributed by atoms with Crippen molar-refractivity contribution in [3.05, 3.63) is 95.7 Å². The summed E-state index contributed by atoms with van der Waals surface area (Å²) in [5, 5.41) is 0. The Morgan fingerprint density at radius 2 is 1.69 bits per heavy atom. The monoisotopic (exact) mass is 344 g/mol. The fraction of sp³-hybridized carbons (Fsp3) is 0.217. The summed E-state index contributed by atoms with van der Waals surface area (Å²) in [5.74, 6) is 1.59. The fourth-order valence-electron chi connectivity index (χ4n) is 3.45. The van der Waals surface area contributed by atoms with Gasteiger partial charge in [0, 0.05) is 25.2 Å². The first-order valence-electron chi connectivity index (χ1n) is 8.95. The molecule has 1 aliphatic rings. The van der Waals surface area contributed by atoms with Gasteiger partial charge in [-0.25, -0.2) is 0 Å². The molecule has 26 heavy (non-hydrogen) atoms. The Balaban J connectivity index is 1.46. The van der Waals surface area contributed by atoms with Crippen molar-refractivity contribution in [3.8, 4) is 11.5 Å². The van der Waals surface area contributed by atoms with Gasteiger partial charge in [-0.1, -0.05) is 30.3 Å². The SMILES string of the molecule is COc1ccc([CH]Cc2ccncc2)cc1OC1Cc2ccccc2C1. The average molecular weight is 344 g/mol. The maximum absolute atomic E-state index is 6.32. The zero-order valence-corrected chi connectivity index (χ0v) is 14.9. The maximum atomic E-state index is 6.32. The topological polar surface area (TPSA) is 31.4 Å². The molecule has 0 aliphatic heterocycles. The fourth-order valence-corrected chi connectivity index (χ4v) is 3.45. The van der Waals surface area contributed by atoms with Crippen molar-refractivity contribution in [1.29, 1.82) is 0 Å². The van der Waals surface area contributed by atoms with Crippen LogP contribution in [0.15, 0.2) is 67.0 Å². The number of aromatic nitrogens is 1. The van der Waals surface area contributed by atoms with Gasteiger partial charge in [0.05, 0.1) is 7.11 Å². The molecule has 0 atom stereocenters. The van der Waals surface area contributed by atoms with E-state index in [9.17, 15) is 0 Å². The van der Waals surface area contributed by atoms with E-state index in [2.05, 4.69) is 47.8 Å². The van der Waals surface area contributed by atoms with Gasteiger partial charge in [-0.05, 0) is 59.4 Å². The van der Waals surface area contributed by atoms with Gasteiger partial charge in [0.25, 0.3) is 0 Å². The first kappa shape index (κ1) is 16.6. The van der Waals surface area contributed by atoms with E-state index in [0.29, 0.717) is 0 Å². The minimum atomic E-state index is 0.164. The summed E-state index contributed by atoms with van der Waals surface area (Å²) in [6.07, 6.45) is 8.77. The summed E-state index contributed by atoms with van der Waals surface area (Å²) in [6, 6.07) is 18.8. The van der Waals surface area contributed by atoms with Gasteiger partial charge < -0.3 is 9.47 Å². The molecule has 1 heterocycles. The molecule has 0 fully saturated rings. The van der Waals surface area contributed by atoms with E-state index in [-0.39, 0.29) is 6.10 Å². The quantitative estimate of drug-likeness (QED) is 0.663. The lowest BCUT2D eigenvalue weighted by molar-refractivity contribution is 0.204. The minimum absolute atomic E-state index is 0.164. The van der Waals surface area contributed by atoms with Crippen molar-refractivity contribution in [3.63, 3.8) is 0 Å². The predicted octanol–water partition coefficient (Wildman–Crippen LogP) is 4.43. The highest BCUT2D eigenvalue weighted by Crippen LogP contribution is 2.33. The van der Waals surface area contributed by atoms with E-state index in [0.717, 1.165) is 36.3 Å². The van der Waals surface area contributed by atoms with Crippen LogP contribution in [0.5, 0.6) is 11.5 Å². The first-order valence-corrected chi connectivity index (χ1v) is 8.95. The van der Waals surface area contributed by atoms with E-state index in [1.54, 1.807) is 7.11 Å². The van der Waals surface area contributed by atoms with E-state index < -0.39 is 0 Å². The number of benzene rings is 2. The second-order valence-electron chi connectivity index (χ2n) is 6.59. The zero-order valence-electron chi connectivity index (χ0n) is 14.9. The van der Waals surface area contributed by atoms with Gasteiger partial charge in [-0.2, -0.15) is 0 Å². The largest absolute Gasteiger partial charge is 0.493 e. The summed E-state index contributed by atoms with van der Waals surface area (Å²) in [7, 11) is 1.69. The molecule has 0 saturated heterocycles. The molecule has 3 heteroatoms. The maximum Gasteiger partial charge on any atom is 0.161 e. The van der Waals surface area contributed by atoms with Crippen LogP contribution < -0.4 is 9.47 Å². The summed E-state index contributed by atoms with van der Waals surface area (Å²) >= 11 is 0. The molecule has 1 radical (unpaired) electrons. The normalized spacial score (nSPS) is 13.4. The lowest BCUT2D eigenvalue weighted by Crippen LogP contribution is -2.16. The Bertz CT molecular complexity index is 851. The van der Waals surface area contributed by atoms with Crippen LogP contribution in [0.2, 0.25) is 0 Å². The van der Waals surface area contributed by atoms with E-state index in [1.807, 2.05) is 30.6 Å². The Hall–Kier alpha value is -2.81. The van der Waals surface area contributed by atoms with Crippen molar-refractivity contribution >= 4 is 0 Å². The summed E-state index contributed by atoms with van der Waals surface area (Å²) in [4.78, 5) is 4.06. The lowest BCUT2D eigenvalue weighted by Gasteiger charge is -2.17. The van der Waals surface area contributed by atoms with Crippen LogP contribution >= 0.6 is 0 Å². The summed E-state index contributed by atoms with van der Waals surface area (Å²) < 4.78 is 11.8. The molecule has 1 aromatic heterocycles. The van der Waals surface area contributed by atoms with Crippen LogP contribution in [0.3, 0.4) is 0 Å². The van der Waals surface area contributed by atoms with Gasteiger partial charge in [0.2, 0.25) is 0 Å². The van der Waals surface area contributed by atoms with Crippen LogP contribution in [0.25, 0.3) is 0 Å². The van der Waals surface area contributed by atoms with Crippen LogP contribution in [-0.2, 0) is 19.3 Å². The van der Waals surface area contributed by atoms with Gasteiger partial charge in [0.1, 0.15) is 6.10 Å². The molecular weight excluding hydrogens is 322 g/mol. The molecule has 0 N–H and O–H groups in total. The summed E-state index contributed by atoms with van der Waals surface area (Å²) in [5.41, 5.74) is 5.14. The number of pyridine rings is 1. The number of hydrogen-bond donors (Lipinski definition) is 0. The molecule has 3 aromatic rings. The Morgan fingerprint density at radius 3 is 2.38 bits per heavy atom. The number of rotatable bonds is 6. The molecule has 1 aliphatic carbocycles. The van der Waals surface area contributed by atoms with E-state index in [1.165, 1.54) is 16.7 Å². The predicted molar refractivity (Wildman–Crippen MR) is 103 cm³/mol. The lowest BCUT2D eigenvalue weighted by atomic mass is 10.0. The highest BCUT2D eigenvalue weighted by atomic mass is 16.5. The van der Waals surface area contributed by atoms with Crippen LogP contribution in [0.1, 0.15) is 22.3 Å². The Kier molecular flexibility index (Phi) is 4.87. The van der Waals surface area contributed by atoms with Crippen molar-refractivity contribution in [2.75, 3.05) is 7.11 Å². The first-order chi connectivity index (χ1) is 12.8. The third-order valence-electron chi connectivity index (χ3n) is 4.82. The Morgan fingerprint density at radius 1 is 0.962 bits per heavy atom. The van der Waals surface area contributed by atoms with Crippen molar-refractivity contribution in [2.24, 2.45) is 0 Å². The van der Waals surface area contributed by atoms with Gasteiger partial charge in [0.15, 0.2) is 11.5 Å². The summed E-state index contributed by atoms with van der Waals surface area (Å²) in [6.45, 7) is 0. The standard InChI is InChI=1S/C23H22NO2/c1-25-22-9-8-18(7-6-17-10-12-24-13-11-17)14-23(22)26-21-15-19-4-2-3-5-20(19)16-21/h2-5,7-14,21H,6,15-16H2,1H3. The van der Waals surface area contributed by atoms with Crippen LogP contribution in [-0.4, -0.2) is 18.2 Å².